The van der Waals surface area contributed by atoms with Gasteiger partial charge in [0.2, 0.25) is 0 Å². The largest absolute Gasteiger partial charge is 0.412 e. The van der Waals surface area contributed by atoms with Crippen molar-refractivity contribution < 1.29 is 29.4 Å². The average Bonchev–Trinajstić information content (AvgIpc) is 1.62. The molecule has 0 saturated carbocycles. The van der Waals surface area contributed by atoms with Gasteiger partial charge in [0.05, 0.1) is 5.15 Å². The third-order valence-corrected chi connectivity index (χ3v) is 2.05. The van der Waals surface area contributed by atoms with E-state index in [9.17, 15) is 8.42 Å². The van der Waals surface area contributed by atoms with Crippen molar-refractivity contribution >= 4 is 18.0 Å². The summed E-state index contributed by atoms with van der Waals surface area (Å²) in [4.78, 5) is 0. The smallest absolute Gasteiger partial charge is 0.261 e. The molecule has 1 unspecified atom stereocenters. The van der Waals surface area contributed by atoms with E-state index in [1.807, 2.05) is 0 Å². The lowest BCUT2D eigenvalue weighted by Crippen LogP contribution is -2.29. The lowest BCUT2D eigenvalue weighted by Gasteiger charge is -2.00. The highest BCUT2D eigenvalue weighted by atomic mass is 32.2. The zero-order valence-electron chi connectivity index (χ0n) is 6.03. The van der Waals surface area contributed by atoms with E-state index in [0.717, 1.165) is 0 Å². The Hall–Kier alpha value is -0.185. The predicted octanol–water partition coefficient (Wildman–Crippen LogP) is -4.68. The van der Waals surface area contributed by atoms with Gasteiger partial charge in [-0.05, 0) is 0 Å². The Morgan fingerprint density at radius 1 is 1.36 bits per heavy atom. The fourth-order valence-electron chi connectivity index (χ4n) is 0.122. The lowest BCUT2D eigenvalue weighted by atomic mass is 10.1. The van der Waals surface area contributed by atoms with Crippen LogP contribution in [0.1, 0.15) is 0 Å². The maximum absolute atomic E-state index is 10.0. The first-order valence-electron chi connectivity index (χ1n) is 2.15. The molecular formula is C2H14BNO6S. The molecule has 7 nitrogen and oxygen atoms in total. The van der Waals surface area contributed by atoms with Crippen LogP contribution >= 0.6 is 0 Å². The molecule has 0 aromatic rings. The maximum atomic E-state index is 10.0. The second-order valence-electron chi connectivity index (χ2n) is 1.56. The van der Waals surface area contributed by atoms with Gasteiger partial charge in [-0.25, -0.2) is 8.42 Å². The minimum absolute atomic E-state index is 0. The van der Waals surface area contributed by atoms with E-state index in [1.165, 1.54) is 7.85 Å². The van der Waals surface area contributed by atoms with Gasteiger partial charge in [0, 0.05) is 6.54 Å². The van der Waals surface area contributed by atoms with Gasteiger partial charge < -0.3 is 22.2 Å². The fourth-order valence-corrected chi connectivity index (χ4v) is 0.365. The SMILES string of the molecule is BC(CN)S(=O)(=O)O.O.O.O. The number of rotatable bonds is 2. The zero-order valence-corrected chi connectivity index (χ0v) is 6.85. The molecule has 1 atom stereocenters. The minimum Gasteiger partial charge on any atom is -0.412 e. The van der Waals surface area contributed by atoms with Crippen molar-refractivity contribution in [1.29, 1.82) is 0 Å². The lowest BCUT2D eigenvalue weighted by molar-refractivity contribution is 0.479. The molecule has 0 fully saturated rings. The standard InChI is InChI=1S/C2H8BNO3S.3H2O/c3-2(1-4)8(5,6)7;;;/h2H,1,3-4H2,(H,5,6,7);3*1H2. The van der Waals surface area contributed by atoms with Crippen molar-refractivity contribution in [3.63, 3.8) is 0 Å². The first-order valence-corrected chi connectivity index (χ1v) is 3.65. The van der Waals surface area contributed by atoms with Crippen molar-refractivity contribution in [3.05, 3.63) is 0 Å². The highest BCUT2D eigenvalue weighted by Gasteiger charge is 2.13. The van der Waals surface area contributed by atoms with Crippen molar-refractivity contribution in [3.8, 4) is 0 Å². The molecule has 0 aliphatic heterocycles. The first-order chi connectivity index (χ1) is 3.48. The van der Waals surface area contributed by atoms with E-state index in [0.29, 0.717) is 0 Å². The summed E-state index contributed by atoms with van der Waals surface area (Å²) in [6.45, 7) is -0.0428. The van der Waals surface area contributed by atoms with Gasteiger partial charge in [-0.15, -0.1) is 0 Å². The topological polar surface area (TPSA) is 175 Å². The molecule has 0 aromatic carbocycles. The molecule has 9 heteroatoms. The molecule has 0 aliphatic carbocycles. The minimum atomic E-state index is -3.88. The van der Waals surface area contributed by atoms with Crippen molar-refractivity contribution in [1.82, 2.24) is 0 Å². The Bertz CT molecular complexity index is 156. The monoisotopic (exact) mass is 191 g/mol. The quantitative estimate of drug-likeness (QED) is 0.329. The Balaban J connectivity index is -0.0000000817. The van der Waals surface area contributed by atoms with Crippen LogP contribution in [0.4, 0.5) is 0 Å². The van der Waals surface area contributed by atoms with E-state index >= 15 is 0 Å². The van der Waals surface area contributed by atoms with Crippen molar-refractivity contribution in [2.24, 2.45) is 5.73 Å². The van der Waals surface area contributed by atoms with Gasteiger partial charge >= 0.3 is 0 Å². The van der Waals surface area contributed by atoms with Crippen molar-refractivity contribution in [2.45, 2.75) is 5.15 Å². The molecule has 0 radical (unpaired) electrons. The summed E-state index contributed by atoms with van der Waals surface area (Å²) in [7, 11) is -2.54. The van der Waals surface area contributed by atoms with Gasteiger partial charge in [-0.1, -0.05) is 0 Å². The molecule has 0 amide bonds. The third kappa shape index (κ3) is 9.81. The summed E-state index contributed by atoms with van der Waals surface area (Å²) < 4.78 is 28.3. The van der Waals surface area contributed by atoms with Gasteiger partial charge in [0.25, 0.3) is 10.1 Å². The second-order valence-corrected chi connectivity index (χ2v) is 3.40. The Kier molecular flexibility index (Phi) is 16.1. The van der Waals surface area contributed by atoms with Crippen LogP contribution in [0.25, 0.3) is 0 Å². The number of hydrogen-bond acceptors (Lipinski definition) is 3. The van der Waals surface area contributed by atoms with Crippen LogP contribution in [-0.2, 0) is 10.1 Å². The van der Waals surface area contributed by atoms with Crippen LogP contribution in [0, 0.1) is 0 Å². The van der Waals surface area contributed by atoms with Crippen LogP contribution in [-0.4, -0.2) is 48.9 Å². The summed E-state index contributed by atoms with van der Waals surface area (Å²) >= 11 is 0. The number of hydrogen-bond donors (Lipinski definition) is 2. The molecular weight excluding hydrogens is 177 g/mol. The van der Waals surface area contributed by atoms with Crippen molar-refractivity contribution in [2.75, 3.05) is 6.54 Å². The van der Waals surface area contributed by atoms with Crippen LogP contribution in [0.2, 0.25) is 0 Å². The molecule has 0 rings (SSSR count). The highest BCUT2D eigenvalue weighted by molar-refractivity contribution is 7.87. The fraction of sp³-hybridized carbons (Fsp3) is 1.00. The predicted molar refractivity (Wildman–Crippen MR) is 43.8 cm³/mol. The third-order valence-electron chi connectivity index (χ3n) is 0.840. The molecule has 9 N–H and O–H groups in total. The van der Waals surface area contributed by atoms with E-state index in [1.54, 1.807) is 0 Å². The van der Waals surface area contributed by atoms with E-state index < -0.39 is 15.3 Å². The van der Waals surface area contributed by atoms with Gasteiger partial charge in [0.15, 0.2) is 0 Å². The summed E-state index contributed by atoms with van der Waals surface area (Å²) in [6, 6.07) is 0. The summed E-state index contributed by atoms with van der Waals surface area (Å²) in [5.74, 6) is 0. The van der Waals surface area contributed by atoms with E-state index in [4.69, 9.17) is 10.3 Å². The summed E-state index contributed by atoms with van der Waals surface area (Å²) in [6.07, 6.45) is 0. The molecule has 0 saturated heterocycles. The summed E-state index contributed by atoms with van der Waals surface area (Å²) in [5.41, 5.74) is 4.92. The molecule has 11 heavy (non-hydrogen) atoms. The van der Waals surface area contributed by atoms with Crippen LogP contribution in [0.5, 0.6) is 0 Å². The van der Waals surface area contributed by atoms with Crippen LogP contribution in [0.15, 0.2) is 0 Å². The van der Waals surface area contributed by atoms with E-state index in [2.05, 4.69) is 0 Å². The number of nitrogens with two attached hydrogens (primary N) is 1. The van der Waals surface area contributed by atoms with E-state index in [-0.39, 0.29) is 23.0 Å². The Labute approximate surface area is 65.7 Å². The zero-order chi connectivity index (χ0) is 6.78. The van der Waals surface area contributed by atoms with Crippen LogP contribution in [0.3, 0.4) is 0 Å². The van der Waals surface area contributed by atoms with Gasteiger partial charge in [0.1, 0.15) is 7.85 Å². The summed E-state index contributed by atoms with van der Waals surface area (Å²) in [5, 5.41) is -0.845. The van der Waals surface area contributed by atoms with Crippen LogP contribution < -0.4 is 5.73 Å². The molecule has 0 spiro atoms. The van der Waals surface area contributed by atoms with Gasteiger partial charge in [-0.2, -0.15) is 0 Å². The maximum Gasteiger partial charge on any atom is 0.261 e. The molecule has 0 aliphatic rings. The normalized spacial score (nSPS) is 11.5. The molecule has 72 valence electrons. The highest BCUT2D eigenvalue weighted by Crippen LogP contribution is 1.87. The molecule has 0 aromatic heterocycles. The second kappa shape index (κ2) is 7.92. The Morgan fingerprint density at radius 3 is 1.64 bits per heavy atom. The average molecular weight is 191 g/mol. The Morgan fingerprint density at radius 2 is 1.64 bits per heavy atom. The first kappa shape index (κ1) is 22.4. The van der Waals surface area contributed by atoms with Gasteiger partial charge in [-0.3, -0.25) is 4.55 Å². The molecule has 0 heterocycles. The molecule has 0 bridgehead atoms.